The minimum absolute atomic E-state index is 0.00712. The van der Waals surface area contributed by atoms with E-state index in [-0.39, 0.29) is 5.56 Å². The van der Waals surface area contributed by atoms with E-state index in [4.69, 9.17) is 14.5 Å². The normalized spacial score (nSPS) is 13.8. The highest BCUT2D eigenvalue weighted by Gasteiger charge is 2.29. The molecule has 32 heavy (non-hydrogen) atoms. The largest absolute Gasteiger partial charge is 0.495 e. The SMILES string of the molecule is COCCCN1CN(c2ccccc2OC)c2nc(C)c(Cc3ccccc3)c(=O)n2C1. The van der Waals surface area contributed by atoms with Gasteiger partial charge in [0.05, 0.1) is 31.8 Å². The van der Waals surface area contributed by atoms with Crippen LogP contribution in [0.3, 0.4) is 0 Å². The number of hydrogen-bond acceptors (Lipinski definition) is 6. The molecule has 0 bridgehead atoms. The van der Waals surface area contributed by atoms with Crippen LogP contribution in [0.2, 0.25) is 0 Å². The van der Waals surface area contributed by atoms with Crippen molar-refractivity contribution in [3.63, 3.8) is 0 Å². The van der Waals surface area contributed by atoms with Crippen LogP contribution in [0.5, 0.6) is 5.75 Å². The van der Waals surface area contributed by atoms with Crippen LogP contribution in [0.15, 0.2) is 59.4 Å². The van der Waals surface area contributed by atoms with Gasteiger partial charge in [0.15, 0.2) is 0 Å². The van der Waals surface area contributed by atoms with Crippen molar-refractivity contribution in [2.24, 2.45) is 0 Å². The molecule has 1 aliphatic heterocycles. The number of ether oxygens (including phenoxy) is 2. The number of rotatable bonds is 8. The summed E-state index contributed by atoms with van der Waals surface area (Å²) in [4.78, 5) is 22.9. The van der Waals surface area contributed by atoms with Crippen LogP contribution in [0.4, 0.5) is 11.6 Å². The van der Waals surface area contributed by atoms with Crippen molar-refractivity contribution in [3.05, 3.63) is 81.8 Å². The predicted octanol–water partition coefficient (Wildman–Crippen LogP) is 3.56. The van der Waals surface area contributed by atoms with Gasteiger partial charge in [-0.2, -0.15) is 0 Å². The Bertz CT molecular complexity index is 1110. The monoisotopic (exact) mass is 434 g/mol. The Kier molecular flexibility index (Phi) is 6.87. The number of fused-ring (bicyclic) bond motifs is 1. The average molecular weight is 435 g/mol. The van der Waals surface area contributed by atoms with Crippen LogP contribution in [0, 0.1) is 6.92 Å². The van der Waals surface area contributed by atoms with Crippen LogP contribution in [-0.2, 0) is 17.8 Å². The topological polar surface area (TPSA) is 59.8 Å². The highest BCUT2D eigenvalue weighted by molar-refractivity contribution is 5.66. The van der Waals surface area contributed by atoms with Gasteiger partial charge in [-0.1, -0.05) is 42.5 Å². The smallest absolute Gasteiger partial charge is 0.259 e. The van der Waals surface area contributed by atoms with Crippen molar-refractivity contribution in [1.29, 1.82) is 0 Å². The molecule has 0 saturated heterocycles. The maximum atomic E-state index is 13.7. The van der Waals surface area contributed by atoms with Crippen molar-refractivity contribution in [3.8, 4) is 5.75 Å². The van der Waals surface area contributed by atoms with Crippen molar-refractivity contribution in [1.82, 2.24) is 14.5 Å². The minimum atomic E-state index is 0.00712. The van der Waals surface area contributed by atoms with Gasteiger partial charge in [0.2, 0.25) is 5.95 Å². The molecule has 0 radical (unpaired) electrons. The molecular weight excluding hydrogens is 404 g/mol. The Morgan fingerprint density at radius 3 is 2.50 bits per heavy atom. The van der Waals surface area contributed by atoms with Gasteiger partial charge in [0.25, 0.3) is 5.56 Å². The van der Waals surface area contributed by atoms with Crippen LogP contribution in [-0.4, -0.2) is 48.5 Å². The Balaban J connectivity index is 1.78. The van der Waals surface area contributed by atoms with Gasteiger partial charge in [0.1, 0.15) is 5.75 Å². The molecule has 0 aliphatic carbocycles. The first-order valence-corrected chi connectivity index (χ1v) is 10.9. The van der Waals surface area contributed by atoms with Gasteiger partial charge < -0.3 is 9.47 Å². The number of aryl methyl sites for hydroxylation is 1. The summed E-state index contributed by atoms with van der Waals surface area (Å²) in [5, 5.41) is 0. The Morgan fingerprint density at radius 2 is 1.75 bits per heavy atom. The number of aromatic nitrogens is 2. The minimum Gasteiger partial charge on any atom is -0.495 e. The maximum Gasteiger partial charge on any atom is 0.259 e. The lowest BCUT2D eigenvalue weighted by Crippen LogP contribution is -2.48. The van der Waals surface area contributed by atoms with E-state index in [0.717, 1.165) is 41.2 Å². The maximum absolute atomic E-state index is 13.7. The summed E-state index contributed by atoms with van der Waals surface area (Å²) in [7, 11) is 3.37. The molecule has 4 rings (SSSR count). The number of hydrogen-bond donors (Lipinski definition) is 0. The first-order valence-electron chi connectivity index (χ1n) is 10.9. The van der Waals surface area contributed by atoms with E-state index in [0.29, 0.717) is 32.3 Å². The van der Waals surface area contributed by atoms with Gasteiger partial charge >= 0.3 is 0 Å². The number of para-hydroxylation sites is 2. The second-order valence-electron chi connectivity index (χ2n) is 7.99. The van der Waals surface area contributed by atoms with Crippen LogP contribution in [0.25, 0.3) is 0 Å². The van der Waals surface area contributed by atoms with E-state index in [1.54, 1.807) is 18.8 Å². The van der Waals surface area contributed by atoms with Gasteiger partial charge in [-0.25, -0.2) is 4.98 Å². The molecule has 2 aromatic carbocycles. The molecule has 0 amide bonds. The number of benzene rings is 2. The summed E-state index contributed by atoms with van der Waals surface area (Å²) in [5.74, 6) is 1.40. The number of methoxy groups -OCH3 is 2. The van der Waals surface area contributed by atoms with E-state index in [1.165, 1.54) is 0 Å². The number of nitrogens with zero attached hydrogens (tertiary/aromatic N) is 4. The average Bonchev–Trinajstić information content (AvgIpc) is 2.82. The molecule has 7 nitrogen and oxygen atoms in total. The first kappa shape index (κ1) is 22.0. The highest BCUT2D eigenvalue weighted by Crippen LogP contribution is 2.34. The van der Waals surface area contributed by atoms with Gasteiger partial charge in [-0.05, 0) is 31.0 Å². The second kappa shape index (κ2) is 9.97. The first-order chi connectivity index (χ1) is 15.6. The molecule has 3 aromatic rings. The summed E-state index contributed by atoms with van der Waals surface area (Å²) < 4.78 is 12.6. The van der Waals surface area contributed by atoms with Gasteiger partial charge in [-0.15, -0.1) is 0 Å². The second-order valence-corrected chi connectivity index (χ2v) is 7.99. The standard InChI is InChI=1S/C25H30N4O3/c1-19-21(16-20-10-5-4-6-11-20)24(30)29-18-27(14-9-15-31-2)17-28(25(29)26-19)22-12-7-8-13-23(22)32-3/h4-8,10-13H,9,14-18H2,1-3H3. The lowest BCUT2D eigenvalue weighted by Gasteiger charge is -2.38. The summed E-state index contributed by atoms with van der Waals surface area (Å²) in [6, 6.07) is 17.9. The van der Waals surface area contributed by atoms with E-state index in [9.17, 15) is 4.79 Å². The predicted molar refractivity (Wildman–Crippen MR) is 126 cm³/mol. The third-order valence-corrected chi connectivity index (χ3v) is 5.80. The third kappa shape index (κ3) is 4.54. The summed E-state index contributed by atoms with van der Waals surface area (Å²) >= 11 is 0. The zero-order valence-electron chi connectivity index (χ0n) is 19.0. The summed E-state index contributed by atoms with van der Waals surface area (Å²) in [5.41, 5.74) is 3.50. The van der Waals surface area contributed by atoms with Crippen molar-refractivity contribution >= 4 is 11.6 Å². The van der Waals surface area contributed by atoms with E-state index < -0.39 is 0 Å². The molecule has 1 aromatic heterocycles. The molecule has 0 N–H and O–H groups in total. The number of anilines is 2. The zero-order valence-corrected chi connectivity index (χ0v) is 19.0. The van der Waals surface area contributed by atoms with E-state index in [2.05, 4.69) is 9.80 Å². The molecule has 0 fully saturated rings. The van der Waals surface area contributed by atoms with Crippen LogP contribution < -0.4 is 15.2 Å². The molecule has 0 unspecified atom stereocenters. The zero-order chi connectivity index (χ0) is 22.5. The van der Waals surface area contributed by atoms with Gasteiger partial charge in [0, 0.05) is 32.2 Å². The molecular formula is C25H30N4O3. The Hall–Kier alpha value is -3.16. The molecule has 2 heterocycles. The molecule has 1 aliphatic rings. The summed E-state index contributed by atoms with van der Waals surface area (Å²) in [6.45, 7) is 4.53. The van der Waals surface area contributed by atoms with Crippen LogP contribution in [0.1, 0.15) is 23.2 Å². The lowest BCUT2D eigenvalue weighted by molar-refractivity contribution is 0.149. The van der Waals surface area contributed by atoms with Crippen molar-refractivity contribution < 1.29 is 9.47 Å². The van der Waals surface area contributed by atoms with Gasteiger partial charge in [-0.3, -0.25) is 19.2 Å². The molecule has 168 valence electrons. The van der Waals surface area contributed by atoms with Crippen molar-refractivity contribution in [2.45, 2.75) is 26.4 Å². The molecule has 0 saturated carbocycles. The fraction of sp³-hybridized carbons (Fsp3) is 0.360. The Labute approximate surface area is 188 Å². The van der Waals surface area contributed by atoms with E-state index in [1.807, 2.05) is 61.5 Å². The Morgan fingerprint density at radius 1 is 1.00 bits per heavy atom. The quantitative estimate of drug-likeness (QED) is 0.506. The fourth-order valence-electron chi connectivity index (χ4n) is 4.14. The summed E-state index contributed by atoms with van der Waals surface area (Å²) in [6.07, 6.45) is 1.45. The molecule has 7 heteroatoms. The van der Waals surface area contributed by atoms with E-state index >= 15 is 0 Å². The third-order valence-electron chi connectivity index (χ3n) is 5.80. The lowest BCUT2D eigenvalue weighted by atomic mass is 10.1. The molecule has 0 spiro atoms. The highest BCUT2D eigenvalue weighted by atomic mass is 16.5. The molecule has 0 atom stereocenters. The van der Waals surface area contributed by atoms with Crippen molar-refractivity contribution in [2.75, 3.05) is 38.9 Å². The van der Waals surface area contributed by atoms with Crippen LogP contribution >= 0.6 is 0 Å². The fourth-order valence-corrected chi connectivity index (χ4v) is 4.14.